The number of sulfonamides is 1. The first-order valence-electron chi connectivity index (χ1n) is 8.48. The molecule has 0 bridgehead atoms. The Morgan fingerprint density at radius 1 is 1.52 bits per heavy atom. The number of pyridine rings is 1. The second-order valence-electron chi connectivity index (χ2n) is 6.19. The van der Waals surface area contributed by atoms with Crippen molar-refractivity contribution in [2.24, 2.45) is 5.92 Å². The van der Waals surface area contributed by atoms with E-state index in [0.717, 1.165) is 38.0 Å². The molecule has 1 N–H and O–H groups in total. The summed E-state index contributed by atoms with van der Waals surface area (Å²) in [6.07, 6.45) is 9.26. The first-order chi connectivity index (χ1) is 12.0. The van der Waals surface area contributed by atoms with Crippen molar-refractivity contribution in [2.75, 3.05) is 37.0 Å². The molecule has 1 fully saturated rings. The molecule has 140 valence electrons. The maximum absolute atomic E-state index is 12.8. The lowest BCUT2D eigenvalue weighted by atomic mass is 10.2. The van der Waals surface area contributed by atoms with Crippen molar-refractivity contribution in [3.05, 3.63) is 29.9 Å². The molecule has 0 radical (unpaired) electrons. The lowest BCUT2D eigenvalue weighted by Crippen LogP contribution is -2.29. The number of hydrogen-bond donors (Lipinski definition) is 1. The Hall–Kier alpha value is -0.760. The van der Waals surface area contributed by atoms with E-state index >= 15 is 0 Å². The standard InChI is InChI=1S/C17H26ClN3O2S2/c1-3-4-5-6-8-19-17-16(18)10-15(11-20-17)25(22,23)21-9-7-14(12-21)13-24-2/h3,10-11,14H,1,4-9,12-13H2,2H3,(H,19,20). The van der Waals surface area contributed by atoms with E-state index in [2.05, 4.69) is 16.9 Å². The number of allylic oxidation sites excluding steroid dienone is 1. The van der Waals surface area contributed by atoms with Crippen LogP contribution in [0.15, 0.2) is 29.8 Å². The lowest BCUT2D eigenvalue weighted by molar-refractivity contribution is 0.465. The van der Waals surface area contributed by atoms with Gasteiger partial charge in [0, 0.05) is 25.8 Å². The summed E-state index contributed by atoms with van der Waals surface area (Å²) >= 11 is 7.99. The molecule has 1 aliphatic heterocycles. The molecule has 1 saturated heterocycles. The molecule has 8 heteroatoms. The van der Waals surface area contributed by atoms with Crippen molar-refractivity contribution in [3.8, 4) is 0 Å². The highest BCUT2D eigenvalue weighted by atomic mass is 35.5. The Balaban J connectivity index is 2.00. The van der Waals surface area contributed by atoms with Crippen molar-refractivity contribution in [1.29, 1.82) is 0 Å². The minimum atomic E-state index is -3.52. The zero-order chi connectivity index (χ0) is 18.3. The summed E-state index contributed by atoms with van der Waals surface area (Å²) < 4.78 is 27.1. The number of rotatable bonds is 10. The van der Waals surface area contributed by atoms with Gasteiger partial charge in [0.25, 0.3) is 0 Å². The fraction of sp³-hybridized carbons (Fsp3) is 0.588. The van der Waals surface area contributed by atoms with Crippen LogP contribution >= 0.6 is 23.4 Å². The topological polar surface area (TPSA) is 62.3 Å². The summed E-state index contributed by atoms with van der Waals surface area (Å²) in [5, 5.41) is 3.49. The number of unbranched alkanes of at least 4 members (excludes halogenated alkanes) is 2. The SMILES string of the molecule is C=CCCCCNc1ncc(S(=O)(=O)N2CCC(CSC)C2)cc1Cl. The molecule has 25 heavy (non-hydrogen) atoms. The highest BCUT2D eigenvalue weighted by Gasteiger charge is 2.32. The third-order valence-electron chi connectivity index (χ3n) is 4.23. The molecule has 1 unspecified atom stereocenters. The summed E-state index contributed by atoms with van der Waals surface area (Å²) in [5.74, 6) is 1.94. The van der Waals surface area contributed by atoms with Crippen LogP contribution in [-0.2, 0) is 10.0 Å². The Morgan fingerprint density at radius 3 is 3.00 bits per heavy atom. The van der Waals surface area contributed by atoms with E-state index in [1.807, 2.05) is 12.3 Å². The predicted molar refractivity (Wildman–Crippen MR) is 107 cm³/mol. The van der Waals surface area contributed by atoms with Crippen LogP contribution in [0.3, 0.4) is 0 Å². The first-order valence-corrected chi connectivity index (χ1v) is 11.7. The van der Waals surface area contributed by atoms with E-state index in [1.54, 1.807) is 16.1 Å². The molecular formula is C17H26ClN3O2S2. The Bertz CT molecular complexity index is 682. The number of anilines is 1. The molecule has 0 amide bonds. The van der Waals surface area contributed by atoms with Crippen LogP contribution < -0.4 is 5.32 Å². The molecule has 5 nitrogen and oxygen atoms in total. The summed E-state index contributed by atoms with van der Waals surface area (Å²) in [6, 6.07) is 1.50. The third-order valence-corrected chi connectivity index (χ3v) is 7.16. The molecule has 1 aromatic rings. The van der Waals surface area contributed by atoms with Crippen LogP contribution in [0.1, 0.15) is 25.7 Å². The fourth-order valence-electron chi connectivity index (χ4n) is 2.85. The van der Waals surface area contributed by atoms with Gasteiger partial charge >= 0.3 is 0 Å². The average Bonchev–Trinajstić information content (AvgIpc) is 3.05. The average molecular weight is 404 g/mol. The maximum atomic E-state index is 12.8. The van der Waals surface area contributed by atoms with Crippen molar-refractivity contribution in [1.82, 2.24) is 9.29 Å². The zero-order valence-electron chi connectivity index (χ0n) is 14.6. The maximum Gasteiger partial charge on any atom is 0.244 e. The highest BCUT2D eigenvalue weighted by molar-refractivity contribution is 7.98. The number of aromatic nitrogens is 1. The molecule has 2 heterocycles. The number of halogens is 1. The normalized spacial score (nSPS) is 18.4. The summed E-state index contributed by atoms with van der Waals surface area (Å²) in [7, 11) is -3.52. The zero-order valence-corrected chi connectivity index (χ0v) is 17.0. The molecule has 2 rings (SSSR count). The Labute approximate surface area is 160 Å². The largest absolute Gasteiger partial charge is 0.369 e. The van der Waals surface area contributed by atoms with Gasteiger partial charge in [0.2, 0.25) is 10.0 Å². The second-order valence-corrected chi connectivity index (χ2v) is 9.44. The molecular weight excluding hydrogens is 378 g/mol. The fourth-order valence-corrected chi connectivity index (χ4v) is 5.39. The molecule has 1 aromatic heterocycles. The predicted octanol–water partition coefficient (Wildman–Crippen LogP) is 3.88. The number of nitrogens with one attached hydrogen (secondary N) is 1. The van der Waals surface area contributed by atoms with Gasteiger partial charge in [0.15, 0.2) is 0 Å². The van der Waals surface area contributed by atoms with Gasteiger partial charge in [-0.1, -0.05) is 17.7 Å². The molecule has 1 aliphatic rings. The summed E-state index contributed by atoms with van der Waals surface area (Å²) in [5.41, 5.74) is 0. The van der Waals surface area contributed by atoms with Crippen LogP contribution in [0, 0.1) is 5.92 Å². The van der Waals surface area contributed by atoms with Gasteiger partial charge < -0.3 is 5.32 Å². The first kappa shape index (κ1) is 20.6. The molecule has 1 atom stereocenters. The minimum Gasteiger partial charge on any atom is -0.369 e. The van der Waals surface area contributed by atoms with Gasteiger partial charge in [0.05, 0.1) is 5.02 Å². The third kappa shape index (κ3) is 5.61. The monoisotopic (exact) mass is 403 g/mol. The van der Waals surface area contributed by atoms with E-state index < -0.39 is 10.0 Å². The molecule has 0 saturated carbocycles. The van der Waals surface area contributed by atoms with Crippen LogP contribution in [0.4, 0.5) is 5.82 Å². The highest BCUT2D eigenvalue weighted by Crippen LogP contribution is 2.28. The van der Waals surface area contributed by atoms with Gasteiger partial charge in [-0.3, -0.25) is 0 Å². The van der Waals surface area contributed by atoms with Crippen LogP contribution in [0.2, 0.25) is 5.02 Å². The molecule has 0 aliphatic carbocycles. The van der Waals surface area contributed by atoms with Crippen LogP contribution in [-0.4, -0.2) is 49.3 Å². The van der Waals surface area contributed by atoms with E-state index in [-0.39, 0.29) is 4.90 Å². The Morgan fingerprint density at radius 2 is 2.32 bits per heavy atom. The summed E-state index contributed by atoms with van der Waals surface area (Å²) in [4.78, 5) is 4.38. The van der Waals surface area contributed by atoms with E-state index in [9.17, 15) is 8.42 Å². The van der Waals surface area contributed by atoms with Crippen molar-refractivity contribution in [2.45, 2.75) is 30.6 Å². The Kier molecular flexibility index (Phi) is 8.06. The smallest absolute Gasteiger partial charge is 0.244 e. The molecule has 0 aromatic carbocycles. The van der Waals surface area contributed by atoms with Crippen molar-refractivity contribution >= 4 is 39.2 Å². The molecule has 0 spiro atoms. The van der Waals surface area contributed by atoms with E-state index in [4.69, 9.17) is 11.6 Å². The van der Waals surface area contributed by atoms with Gasteiger partial charge in [-0.15, -0.1) is 6.58 Å². The van der Waals surface area contributed by atoms with Gasteiger partial charge in [-0.2, -0.15) is 16.1 Å². The van der Waals surface area contributed by atoms with Crippen molar-refractivity contribution < 1.29 is 8.42 Å². The van der Waals surface area contributed by atoms with Gasteiger partial charge in [0.1, 0.15) is 10.7 Å². The summed E-state index contributed by atoms with van der Waals surface area (Å²) in [6.45, 7) is 5.58. The van der Waals surface area contributed by atoms with Gasteiger partial charge in [-0.05, 0) is 49.7 Å². The van der Waals surface area contributed by atoms with Crippen LogP contribution in [0.25, 0.3) is 0 Å². The van der Waals surface area contributed by atoms with Crippen molar-refractivity contribution in [3.63, 3.8) is 0 Å². The van der Waals surface area contributed by atoms with E-state index in [0.29, 0.717) is 29.8 Å². The number of thioether (sulfide) groups is 1. The van der Waals surface area contributed by atoms with Crippen LogP contribution in [0.5, 0.6) is 0 Å². The number of hydrogen-bond acceptors (Lipinski definition) is 5. The number of nitrogens with zero attached hydrogens (tertiary/aromatic N) is 2. The second kappa shape index (κ2) is 9.80. The van der Waals surface area contributed by atoms with Gasteiger partial charge in [-0.25, -0.2) is 13.4 Å². The lowest BCUT2D eigenvalue weighted by Gasteiger charge is -2.17. The van der Waals surface area contributed by atoms with E-state index in [1.165, 1.54) is 12.3 Å². The quantitative estimate of drug-likeness (QED) is 0.474. The minimum absolute atomic E-state index is 0.166.